The van der Waals surface area contributed by atoms with Crippen LogP contribution in [-0.4, -0.2) is 56.6 Å². The minimum atomic E-state index is -0.343. The first kappa shape index (κ1) is 14.2. The van der Waals surface area contributed by atoms with Gasteiger partial charge in [0.1, 0.15) is 6.61 Å². The molecule has 1 aromatic carbocycles. The zero-order valence-electron chi connectivity index (χ0n) is 11.1. The molecule has 4 nitrogen and oxygen atoms in total. The first-order valence-electron chi connectivity index (χ1n) is 6.40. The second kappa shape index (κ2) is 6.32. The summed E-state index contributed by atoms with van der Waals surface area (Å²) in [5, 5.41) is 9.34. The molecule has 106 valence electrons. The second-order valence-electron chi connectivity index (χ2n) is 5.17. The van der Waals surface area contributed by atoms with Gasteiger partial charge >= 0.3 is 0 Å². The topological polar surface area (TPSA) is 41.9 Å². The summed E-state index contributed by atoms with van der Waals surface area (Å²) >= 11 is 0. The number of hydrogen-bond acceptors (Lipinski definition) is 4. The van der Waals surface area contributed by atoms with Gasteiger partial charge in [0.05, 0.1) is 25.2 Å². The molecule has 1 aliphatic heterocycles. The Morgan fingerprint density at radius 2 is 2.16 bits per heavy atom. The van der Waals surface area contributed by atoms with Crippen molar-refractivity contribution in [2.24, 2.45) is 5.41 Å². The molecule has 0 aliphatic carbocycles. The number of aliphatic hydroxyl groups is 1. The van der Waals surface area contributed by atoms with E-state index >= 15 is 0 Å². The smallest absolute Gasteiger partial charge is 0.165 e. The average Bonchev–Trinajstić information content (AvgIpc) is 2.36. The highest BCUT2D eigenvalue weighted by molar-refractivity contribution is 5.23. The third-order valence-corrected chi connectivity index (χ3v) is 3.32. The van der Waals surface area contributed by atoms with Crippen LogP contribution in [0.4, 0.5) is 4.39 Å². The summed E-state index contributed by atoms with van der Waals surface area (Å²) in [6.45, 7) is 3.18. The molecule has 1 N–H and O–H groups in total. The normalized spacial score (nSPS) is 17.3. The molecule has 1 fully saturated rings. The highest BCUT2D eigenvalue weighted by Gasteiger charge is 2.38. The van der Waals surface area contributed by atoms with Crippen LogP contribution in [-0.2, 0) is 4.74 Å². The highest BCUT2D eigenvalue weighted by atomic mass is 19.1. The minimum Gasteiger partial charge on any atom is -0.489 e. The zero-order chi connectivity index (χ0) is 13.7. The zero-order valence-corrected chi connectivity index (χ0v) is 11.1. The van der Waals surface area contributed by atoms with Crippen LogP contribution in [0.2, 0.25) is 0 Å². The van der Waals surface area contributed by atoms with Crippen molar-refractivity contribution in [3.05, 3.63) is 30.1 Å². The average molecular weight is 269 g/mol. The Labute approximate surface area is 112 Å². The molecule has 1 heterocycles. The van der Waals surface area contributed by atoms with Gasteiger partial charge in [0.2, 0.25) is 0 Å². The van der Waals surface area contributed by atoms with Crippen molar-refractivity contribution in [3.8, 4) is 5.75 Å². The Morgan fingerprint density at radius 1 is 1.42 bits per heavy atom. The van der Waals surface area contributed by atoms with Gasteiger partial charge in [-0.3, -0.25) is 0 Å². The number of ether oxygens (including phenoxy) is 2. The second-order valence-corrected chi connectivity index (χ2v) is 5.17. The lowest BCUT2D eigenvalue weighted by atomic mass is 9.86. The number of aliphatic hydroxyl groups excluding tert-OH is 1. The Hall–Kier alpha value is -1.17. The molecular formula is C14H20FNO3. The molecule has 0 aromatic heterocycles. The van der Waals surface area contributed by atoms with Crippen molar-refractivity contribution in [1.29, 1.82) is 0 Å². The fourth-order valence-electron chi connectivity index (χ4n) is 2.15. The summed E-state index contributed by atoms with van der Waals surface area (Å²) in [6, 6.07) is 6.38. The Bertz CT molecular complexity index is 404. The standard InChI is InChI=1S/C14H20FNO3/c1-16(8-14(9-17)10-18-11-14)6-7-19-13-5-3-2-4-12(13)15/h2-5,17H,6-11H2,1H3. The van der Waals surface area contributed by atoms with Crippen molar-refractivity contribution >= 4 is 0 Å². The van der Waals surface area contributed by atoms with Crippen LogP contribution in [0.3, 0.4) is 0 Å². The molecule has 1 aromatic rings. The quantitative estimate of drug-likeness (QED) is 0.806. The summed E-state index contributed by atoms with van der Waals surface area (Å²) in [7, 11) is 1.96. The van der Waals surface area contributed by atoms with Crippen LogP contribution >= 0.6 is 0 Å². The van der Waals surface area contributed by atoms with Crippen LogP contribution in [0.15, 0.2) is 24.3 Å². The van der Waals surface area contributed by atoms with Gasteiger partial charge in [-0.25, -0.2) is 4.39 Å². The summed E-state index contributed by atoms with van der Waals surface area (Å²) < 4.78 is 23.9. The van der Waals surface area contributed by atoms with E-state index in [1.54, 1.807) is 18.2 Å². The molecule has 2 rings (SSSR count). The Kier molecular flexibility index (Phi) is 4.74. The first-order valence-corrected chi connectivity index (χ1v) is 6.40. The van der Waals surface area contributed by atoms with Crippen molar-refractivity contribution in [3.63, 3.8) is 0 Å². The third kappa shape index (κ3) is 3.65. The largest absolute Gasteiger partial charge is 0.489 e. The molecule has 19 heavy (non-hydrogen) atoms. The van der Waals surface area contributed by atoms with Gasteiger partial charge in [0.15, 0.2) is 11.6 Å². The molecule has 0 unspecified atom stereocenters. The maximum atomic E-state index is 13.3. The van der Waals surface area contributed by atoms with Crippen molar-refractivity contribution in [1.82, 2.24) is 4.90 Å². The van der Waals surface area contributed by atoms with Crippen molar-refractivity contribution in [2.45, 2.75) is 0 Å². The summed E-state index contributed by atoms with van der Waals surface area (Å²) in [6.07, 6.45) is 0. The molecule has 1 aliphatic rings. The molecule has 1 saturated heterocycles. The lowest BCUT2D eigenvalue weighted by Crippen LogP contribution is -2.53. The SMILES string of the molecule is CN(CCOc1ccccc1F)CC1(CO)COC1. The van der Waals surface area contributed by atoms with E-state index in [2.05, 4.69) is 4.90 Å². The first-order chi connectivity index (χ1) is 9.15. The predicted molar refractivity (Wildman–Crippen MR) is 69.7 cm³/mol. The molecule has 0 radical (unpaired) electrons. The predicted octanol–water partition coefficient (Wildman–Crippen LogP) is 1.15. The number of halogens is 1. The molecule has 5 heteroatoms. The summed E-state index contributed by atoms with van der Waals surface area (Å²) in [5.74, 6) is -0.0656. The van der Waals surface area contributed by atoms with E-state index in [4.69, 9.17) is 9.47 Å². The lowest BCUT2D eigenvalue weighted by Gasteiger charge is -2.42. The van der Waals surface area contributed by atoms with Gasteiger partial charge in [-0.2, -0.15) is 0 Å². The van der Waals surface area contributed by atoms with E-state index < -0.39 is 0 Å². The van der Waals surface area contributed by atoms with Crippen LogP contribution in [0.1, 0.15) is 0 Å². The lowest BCUT2D eigenvalue weighted by molar-refractivity contribution is -0.146. The molecule has 0 atom stereocenters. The van der Waals surface area contributed by atoms with Gasteiger partial charge in [-0.15, -0.1) is 0 Å². The van der Waals surface area contributed by atoms with Crippen LogP contribution in [0.5, 0.6) is 5.75 Å². The highest BCUT2D eigenvalue weighted by Crippen LogP contribution is 2.27. The number of nitrogens with zero attached hydrogens (tertiary/aromatic N) is 1. The molecule has 0 spiro atoms. The van der Waals surface area contributed by atoms with E-state index in [0.29, 0.717) is 26.4 Å². The van der Waals surface area contributed by atoms with Gasteiger partial charge in [-0.1, -0.05) is 12.1 Å². The number of para-hydroxylation sites is 1. The van der Waals surface area contributed by atoms with Gasteiger partial charge in [-0.05, 0) is 19.2 Å². The minimum absolute atomic E-state index is 0.130. The fourth-order valence-corrected chi connectivity index (χ4v) is 2.15. The van der Waals surface area contributed by atoms with Crippen molar-refractivity contribution in [2.75, 3.05) is 46.6 Å². The maximum Gasteiger partial charge on any atom is 0.165 e. The maximum absolute atomic E-state index is 13.3. The molecule has 0 amide bonds. The molecular weight excluding hydrogens is 249 g/mol. The number of likely N-dealkylation sites (N-methyl/N-ethyl adjacent to an activating group) is 1. The number of benzene rings is 1. The molecule has 0 saturated carbocycles. The Morgan fingerprint density at radius 3 is 2.74 bits per heavy atom. The van der Waals surface area contributed by atoms with Crippen LogP contribution < -0.4 is 4.74 Å². The Balaban J connectivity index is 1.72. The van der Waals surface area contributed by atoms with E-state index in [1.807, 2.05) is 7.05 Å². The summed E-state index contributed by atoms with van der Waals surface area (Å²) in [4.78, 5) is 2.07. The van der Waals surface area contributed by atoms with Gasteiger partial charge in [0, 0.05) is 13.1 Å². The van der Waals surface area contributed by atoms with Gasteiger partial charge in [0.25, 0.3) is 0 Å². The van der Waals surface area contributed by atoms with E-state index in [1.165, 1.54) is 6.07 Å². The third-order valence-electron chi connectivity index (χ3n) is 3.32. The number of rotatable bonds is 7. The van der Waals surface area contributed by atoms with E-state index in [9.17, 15) is 9.50 Å². The monoisotopic (exact) mass is 269 g/mol. The number of hydrogen-bond donors (Lipinski definition) is 1. The van der Waals surface area contributed by atoms with E-state index in [-0.39, 0.29) is 23.6 Å². The fraction of sp³-hybridized carbons (Fsp3) is 0.571. The molecule has 0 bridgehead atoms. The van der Waals surface area contributed by atoms with Crippen LogP contribution in [0, 0.1) is 11.2 Å². The van der Waals surface area contributed by atoms with E-state index in [0.717, 1.165) is 6.54 Å². The summed E-state index contributed by atoms with van der Waals surface area (Å²) in [5.41, 5.74) is -0.132. The van der Waals surface area contributed by atoms with Gasteiger partial charge < -0.3 is 19.5 Å². The van der Waals surface area contributed by atoms with Crippen LogP contribution in [0.25, 0.3) is 0 Å². The van der Waals surface area contributed by atoms with Crippen molar-refractivity contribution < 1.29 is 19.0 Å².